The Morgan fingerprint density at radius 1 is 1.48 bits per heavy atom. The fourth-order valence-electron chi connectivity index (χ4n) is 2.61. The second-order valence-corrected chi connectivity index (χ2v) is 10.1. The van der Waals surface area contributed by atoms with Crippen molar-refractivity contribution in [1.29, 1.82) is 0 Å². The predicted molar refractivity (Wildman–Crippen MR) is 101 cm³/mol. The highest BCUT2D eigenvalue weighted by atomic mass is 32.2. The molecule has 0 aliphatic carbocycles. The molecule has 1 saturated heterocycles. The molecule has 1 amide bonds. The van der Waals surface area contributed by atoms with Crippen LogP contribution < -0.4 is 5.32 Å². The van der Waals surface area contributed by atoms with Gasteiger partial charge in [0.2, 0.25) is 0 Å². The molecule has 8 heteroatoms. The number of nitrogens with zero attached hydrogens (tertiary/aromatic N) is 1. The van der Waals surface area contributed by atoms with Crippen LogP contribution in [0.2, 0.25) is 0 Å². The average Bonchev–Trinajstić information content (AvgIpc) is 2.52. The third-order valence-electron chi connectivity index (χ3n) is 3.84. The minimum atomic E-state index is -1.04. The molecular formula is C17H26N2O4S2. The first kappa shape index (κ1) is 20.0. The molecule has 2 aliphatic heterocycles. The SMILES string of the molecule is CCS(=O)/C(C)=C/N[C@@H]1C(=O)N2C(C(=O)OC(C)(C)C)=C(C)CS[C@H]12. The minimum absolute atomic E-state index is 0.155. The van der Waals surface area contributed by atoms with Gasteiger partial charge in [-0.25, -0.2) is 4.79 Å². The van der Waals surface area contributed by atoms with E-state index in [4.69, 9.17) is 4.74 Å². The summed E-state index contributed by atoms with van der Waals surface area (Å²) in [5.74, 6) is 0.590. The number of nitrogens with one attached hydrogen (secondary N) is 1. The highest BCUT2D eigenvalue weighted by Gasteiger charge is 2.53. The molecule has 0 saturated carbocycles. The smallest absolute Gasteiger partial charge is 0.355 e. The number of β-lactam (4-membered cyclic amide) rings is 1. The number of carbonyl (C=O) groups excluding carboxylic acids is 2. The van der Waals surface area contributed by atoms with E-state index in [1.165, 1.54) is 4.90 Å². The predicted octanol–water partition coefficient (Wildman–Crippen LogP) is 2.11. The van der Waals surface area contributed by atoms with Gasteiger partial charge in [0.1, 0.15) is 22.7 Å². The van der Waals surface area contributed by atoms with Gasteiger partial charge in [-0.05, 0) is 40.2 Å². The number of ether oxygens (including phenoxy) is 1. The number of hydrogen-bond acceptors (Lipinski definition) is 6. The van der Waals surface area contributed by atoms with Crippen molar-refractivity contribution in [1.82, 2.24) is 10.2 Å². The Balaban J connectivity index is 2.13. The summed E-state index contributed by atoms with van der Waals surface area (Å²) in [6, 6.07) is -0.417. The number of fused-ring (bicyclic) bond motifs is 1. The topological polar surface area (TPSA) is 75.7 Å². The highest BCUT2D eigenvalue weighted by molar-refractivity contribution is 8.00. The normalized spacial score (nSPS) is 25.3. The monoisotopic (exact) mass is 386 g/mol. The van der Waals surface area contributed by atoms with Crippen molar-refractivity contribution >= 4 is 34.4 Å². The standard InChI is InChI=1S/C17H26N2O4S2/c1-7-25(22)11(3)8-18-12-14(20)19-13(10(2)9-24-15(12)19)16(21)23-17(4,5)6/h8,12,15,18H,7,9H2,1-6H3/b11-8+/t12-,15-,25?/m1/s1. The minimum Gasteiger partial charge on any atom is -0.455 e. The molecule has 0 radical (unpaired) electrons. The number of rotatable bonds is 5. The molecule has 3 atom stereocenters. The van der Waals surface area contributed by atoms with E-state index in [0.717, 1.165) is 5.57 Å². The Morgan fingerprint density at radius 3 is 2.68 bits per heavy atom. The van der Waals surface area contributed by atoms with Crippen molar-refractivity contribution in [2.75, 3.05) is 11.5 Å². The lowest BCUT2D eigenvalue weighted by Gasteiger charge is -2.49. The molecule has 0 aromatic heterocycles. The Kier molecular flexibility index (Phi) is 6.04. The van der Waals surface area contributed by atoms with E-state index in [2.05, 4.69) is 5.32 Å². The maximum Gasteiger partial charge on any atom is 0.355 e. The van der Waals surface area contributed by atoms with Gasteiger partial charge in [-0.15, -0.1) is 11.8 Å². The van der Waals surface area contributed by atoms with E-state index in [-0.39, 0.29) is 11.3 Å². The Morgan fingerprint density at radius 2 is 2.12 bits per heavy atom. The fraction of sp³-hybridized carbons (Fsp3) is 0.647. The lowest BCUT2D eigenvalue weighted by Crippen LogP contribution is -2.69. The Bertz CT molecular complexity index is 664. The van der Waals surface area contributed by atoms with Crippen molar-refractivity contribution in [2.45, 2.75) is 58.6 Å². The van der Waals surface area contributed by atoms with E-state index in [9.17, 15) is 13.8 Å². The van der Waals surface area contributed by atoms with Crippen LogP contribution in [-0.2, 0) is 25.1 Å². The largest absolute Gasteiger partial charge is 0.455 e. The van der Waals surface area contributed by atoms with Crippen LogP contribution in [0.25, 0.3) is 0 Å². The zero-order valence-electron chi connectivity index (χ0n) is 15.5. The molecule has 2 rings (SSSR count). The second-order valence-electron chi connectivity index (χ2n) is 7.07. The maximum absolute atomic E-state index is 12.6. The van der Waals surface area contributed by atoms with Crippen LogP contribution in [0.5, 0.6) is 0 Å². The molecule has 0 aromatic rings. The van der Waals surface area contributed by atoms with Crippen LogP contribution in [0.4, 0.5) is 0 Å². The lowest BCUT2D eigenvalue weighted by molar-refractivity contribution is -0.158. The zero-order valence-corrected chi connectivity index (χ0v) is 17.2. The lowest BCUT2D eigenvalue weighted by atomic mass is 10.0. The van der Waals surface area contributed by atoms with E-state index in [1.54, 1.807) is 45.7 Å². The second kappa shape index (κ2) is 7.53. The third-order valence-corrected chi connectivity index (χ3v) is 6.62. The van der Waals surface area contributed by atoms with E-state index in [1.807, 2.05) is 13.8 Å². The summed E-state index contributed by atoms with van der Waals surface area (Å²) < 4.78 is 17.2. The summed E-state index contributed by atoms with van der Waals surface area (Å²) in [4.78, 5) is 27.3. The molecule has 140 valence electrons. The Hall–Kier alpha value is -1.28. The van der Waals surface area contributed by atoms with Gasteiger partial charge in [-0.2, -0.15) is 0 Å². The summed E-state index contributed by atoms with van der Waals surface area (Å²) in [6.07, 6.45) is 1.65. The first-order valence-corrected chi connectivity index (χ1v) is 10.6. The van der Waals surface area contributed by atoms with E-state index < -0.39 is 28.4 Å². The van der Waals surface area contributed by atoms with Gasteiger partial charge in [0, 0.05) is 33.4 Å². The first-order valence-electron chi connectivity index (χ1n) is 8.25. The molecule has 1 unspecified atom stereocenters. The van der Waals surface area contributed by atoms with Crippen LogP contribution in [0, 0.1) is 0 Å². The third kappa shape index (κ3) is 4.28. The maximum atomic E-state index is 12.6. The van der Waals surface area contributed by atoms with Crippen molar-refractivity contribution in [3.8, 4) is 0 Å². The number of amides is 1. The van der Waals surface area contributed by atoms with Crippen molar-refractivity contribution in [3.05, 3.63) is 22.4 Å². The van der Waals surface area contributed by atoms with E-state index in [0.29, 0.717) is 22.1 Å². The first-order chi connectivity index (χ1) is 11.6. The van der Waals surface area contributed by atoms with Crippen LogP contribution in [0.15, 0.2) is 22.4 Å². The molecular weight excluding hydrogens is 360 g/mol. The molecule has 0 spiro atoms. The van der Waals surface area contributed by atoms with Gasteiger partial charge < -0.3 is 10.1 Å². The summed E-state index contributed by atoms with van der Waals surface area (Å²) in [6.45, 7) is 10.9. The number of carbonyl (C=O) groups is 2. The van der Waals surface area contributed by atoms with Gasteiger partial charge >= 0.3 is 5.97 Å². The van der Waals surface area contributed by atoms with Crippen LogP contribution in [-0.4, -0.2) is 49.5 Å². The zero-order chi connectivity index (χ0) is 18.9. The number of esters is 1. The van der Waals surface area contributed by atoms with Crippen LogP contribution >= 0.6 is 11.8 Å². The number of allylic oxidation sites excluding steroid dienone is 1. The van der Waals surface area contributed by atoms with Crippen molar-refractivity contribution in [3.63, 3.8) is 0 Å². The summed E-state index contributed by atoms with van der Waals surface area (Å²) in [5, 5.41) is 2.91. The quantitative estimate of drug-likeness (QED) is 0.576. The van der Waals surface area contributed by atoms with Gasteiger partial charge in [0.05, 0.1) is 0 Å². The molecule has 1 N–H and O–H groups in total. The summed E-state index contributed by atoms with van der Waals surface area (Å²) in [5.41, 5.74) is 0.598. The molecule has 0 bridgehead atoms. The van der Waals surface area contributed by atoms with E-state index >= 15 is 0 Å². The molecule has 6 nitrogen and oxygen atoms in total. The van der Waals surface area contributed by atoms with Gasteiger partial charge in [0.25, 0.3) is 5.91 Å². The summed E-state index contributed by atoms with van der Waals surface area (Å²) in [7, 11) is -1.04. The average molecular weight is 387 g/mol. The molecule has 25 heavy (non-hydrogen) atoms. The highest BCUT2D eigenvalue weighted by Crippen LogP contribution is 2.40. The van der Waals surface area contributed by atoms with Gasteiger partial charge in [0.15, 0.2) is 0 Å². The van der Waals surface area contributed by atoms with Crippen molar-refractivity contribution < 1.29 is 18.5 Å². The van der Waals surface area contributed by atoms with Gasteiger partial charge in [-0.1, -0.05) is 6.92 Å². The number of thioether (sulfide) groups is 1. The summed E-state index contributed by atoms with van der Waals surface area (Å²) >= 11 is 1.61. The molecule has 1 fully saturated rings. The van der Waals surface area contributed by atoms with Crippen LogP contribution in [0.3, 0.4) is 0 Å². The number of hydrogen-bond donors (Lipinski definition) is 1. The van der Waals surface area contributed by atoms with Crippen LogP contribution in [0.1, 0.15) is 41.5 Å². The fourth-order valence-corrected chi connectivity index (χ4v) is 4.57. The molecule has 2 aliphatic rings. The van der Waals surface area contributed by atoms with Gasteiger partial charge in [-0.3, -0.25) is 13.9 Å². The molecule has 0 aromatic carbocycles. The molecule has 2 heterocycles. The van der Waals surface area contributed by atoms with Crippen molar-refractivity contribution in [2.24, 2.45) is 0 Å². The Labute approximate surface area is 155 Å².